The Bertz CT molecular complexity index is 1200. The normalized spacial score (nSPS) is 10.2. The van der Waals surface area contributed by atoms with Gasteiger partial charge in [-0.1, -0.05) is 18.2 Å². The molecule has 4 rings (SSSR count). The first-order chi connectivity index (χ1) is 15.7. The Hall–Kier alpha value is -4.52. The lowest BCUT2D eigenvalue weighted by molar-refractivity contribution is 0.101. The fourth-order valence-corrected chi connectivity index (χ4v) is 2.92. The molecule has 0 aliphatic heterocycles. The fourth-order valence-electron chi connectivity index (χ4n) is 2.92. The summed E-state index contributed by atoms with van der Waals surface area (Å²) in [4.78, 5) is 33.2. The van der Waals surface area contributed by atoms with Gasteiger partial charge in [-0.3, -0.25) is 14.6 Å². The van der Waals surface area contributed by atoms with Crippen LogP contribution in [0.1, 0.15) is 26.3 Å². The molecule has 0 aliphatic rings. The molecule has 0 spiro atoms. The van der Waals surface area contributed by atoms with Gasteiger partial charge in [0.1, 0.15) is 6.61 Å². The van der Waals surface area contributed by atoms with Crippen LogP contribution in [-0.4, -0.2) is 21.8 Å². The predicted octanol–water partition coefficient (Wildman–Crippen LogP) is 4.56. The van der Waals surface area contributed by atoms with Gasteiger partial charge in [0.2, 0.25) is 0 Å². The van der Waals surface area contributed by atoms with Crippen molar-refractivity contribution in [1.29, 1.82) is 0 Å². The second kappa shape index (κ2) is 9.99. The molecular formula is C25H20N4O3. The van der Waals surface area contributed by atoms with E-state index in [0.717, 1.165) is 5.56 Å². The van der Waals surface area contributed by atoms with E-state index in [-0.39, 0.29) is 11.8 Å². The molecule has 0 fully saturated rings. The van der Waals surface area contributed by atoms with Crippen LogP contribution in [0.2, 0.25) is 0 Å². The van der Waals surface area contributed by atoms with Crippen molar-refractivity contribution in [2.24, 2.45) is 0 Å². The molecule has 7 nitrogen and oxygen atoms in total. The summed E-state index contributed by atoms with van der Waals surface area (Å²) in [5.74, 6) is 0.239. The Morgan fingerprint density at radius 1 is 0.719 bits per heavy atom. The number of rotatable bonds is 7. The highest BCUT2D eigenvalue weighted by Gasteiger charge is 2.12. The molecule has 32 heavy (non-hydrogen) atoms. The Labute approximate surface area is 185 Å². The first-order valence-electron chi connectivity index (χ1n) is 9.93. The highest BCUT2D eigenvalue weighted by atomic mass is 16.5. The fraction of sp³-hybridized carbons (Fsp3) is 0.0400. The van der Waals surface area contributed by atoms with Gasteiger partial charge < -0.3 is 15.4 Å². The van der Waals surface area contributed by atoms with Gasteiger partial charge in [-0.2, -0.15) is 0 Å². The standard InChI is InChI=1S/C25H20N4O3/c30-24(19-5-2-1-3-6-19)28-21-10-8-20(9-11-21)25(31)29-23-22(7-4-14-27-23)32-17-18-12-15-26-16-13-18/h1-16H,17H2,(H,28,30)(H,27,29,31). The number of benzene rings is 2. The highest BCUT2D eigenvalue weighted by molar-refractivity contribution is 6.06. The minimum absolute atomic E-state index is 0.215. The average molecular weight is 424 g/mol. The molecule has 2 heterocycles. The minimum atomic E-state index is -0.335. The molecule has 4 aromatic rings. The summed E-state index contributed by atoms with van der Waals surface area (Å²) in [6.07, 6.45) is 4.96. The van der Waals surface area contributed by atoms with Crippen molar-refractivity contribution in [3.05, 3.63) is 114 Å². The Kier molecular flexibility index (Phi) is 6.48. The van der Waals surface area contributed by atoms with E-state index in [1.54, 1.807) is 79.3 Å². The van der Waals surface area contributed by atoms with E-state index in [0.29, 0.717) is 35.0 Å². The quantitative estimate of drug-likeness (QED) is 0.454. The Morgan fingerprint density at radius 2 is 1.41 bits per heavy atom. The third kappa shape index (κ3) is 5.34. The second-order valence-electron chi connectivity index (χ2n) is 6.85. The Balaban J connectivity index is 1.39. The van der Waals surface area contributed by atoms with Gasteiger partial charge in [0.25, 0.3) is 11.8 Å². The van der Waals surface area contributed by atoms with Crippen molar-refractivity contribution in [2.45, 2.75) is 6.61 Å². The van der Waals surface area contributed by atoms with Crippen molar-refractivity contribution in [3.63, 3.8) is 0 Å². The van der Waals surface area contributed by atoms with E-state index in [4.69, 9.17) is 4.74 Å². The zero-order valence-electron chi connectivity index (χ0n) is 17.1. The number of nitrogens with one attached hydrogen (secondary N) is 2. The number of carbonyl (C=O) groups excluding carboxylic acids is 2. The number of nitrogens with zero attached hydrogens (tertiary/aromatic N) is 2. The second-order valence-corrected chi connectivity index (χ2v) is 6.85. The zero-order valence-corrected chi connectivity index (χ0v) is 17.1. The first kappa shape index (κ1) is 20.7. The maximum absolute atomic E-state index is 12.7. The van der Waals surface area contributed by atoms with E-state index in [1.807, 2.05) is 18.2 Å². The maximum Gasteiger partial charge on any atom is 0.256 e. The van der Waals surface area contributed by atoms with Gasteiger partial charge in [-0.15, -0.1) is 0 Å². The van der Waals surface area contributed by atoms with Gasteiger partial charge in [0.15, 0.2) is 11.6 Å². The molecule has 2 N–H and O–H groups in total. The smallest absolute Gasteiger partial charge is 0.256 e. The van der Waals surface area contributed by atoms with Gasteiger partial charge in [0.05, 0.1) is 0 Å². The van der Waals surface area contributed by atoms with E-state index in [9.17, 15) is 9.59 Å². The van der Waals surface area contributed by atoms with Gasteiger partial charge >= 0.3 is 0 Å². The van der Waals surface area contributed by atoms with Gasteiger partial charge in [0, 0.05) is 35.4 Å². The van der Waals surface area contributed by atoms with Crippen molar-refractivity contribution >= 4 is 23.3 Å². The van der Waals surface area contributed by atoms with Crippen LogP contribution in [0.15, 0.2) is 97.5 Å². The predicted molar refractivity (Wildman–Crippen MR) is 122 cm³/mol. The summed E-state index contributed by atoms with van der Waals surface area (Å²) in [5.41, 5.74) is 2.53. The number of hydrogen-bond donors (Lipinski definition) is 2. The molecule has 0 atom stereocenters. The summed E-state index contributed by atoms with van der Waals surface area (Å²) in [6.45, 7) is 0.326. The molecule has 158 valence electrons. The molecule has 0 bridgehead atoms. The number of amides is 2. The summed E-state index contributed by atoms with van der Waals surface area (Å²) < 4.78 is 5.81. The summed E-state index contributed by atoms with van der Waals surface area (Å²) >= 11 is 0. The Morgan fingerprint density at radius 3 is 2.16 bits per heavy atom. The molecule has 0 radical (unpaired) electrons. The number of hydrogen-bond acceptors (Lipinski definition) is 5. The summed E-state index contributed by atoms with van der Waals surface area (Å²) in [6, 6.07) is 22.7. The third-order valence-corrected chi connectivity index (χ3v) is 4.59. The van der Waals surface area contributed by atoms with Crippen LogP contribution in [0.5, 0.6) is 5.75 Å². The minimum Gasteiger partial charge on any atom is -0.485 e. The molecule has 0 saturated carbocycles. The third-order valence-electron chi connectivity index (χ3n) is 4.59. The lowest BCUT2D eigenvalue weighted by atomic mass is 10.1. The van der Waals surface area contributed by atoms with Crippen molar-refractivity contribution < 1.29 is 14.3 Å². The largest absolute Gasteiger partial charge is 0.485 e. The first-order valence-corrected chi connectivity index (χ1v) is 9.93. The van der Waals surface area contributed by atoms with E-state index in [1.165, 1.54) is 0 Å². The van der Waals surface area contributed by atoms with E-state index >= 15 is 0 Å². The van der Waals surface area contributed by atoms with Gasteiger partial charge in [-0.25, -0.2) is 4.98 Å². The lowest BCUT2D eigenvalue weighted by Gasteiger charge is -2.12. The molecule has 2 aromatic carbocycles. The van der Waals surface area contributed by atoms with E-state index in [2.05, 4.69) is 20.6 Å². The van der Waals surface area contributed by atoms with Crippen LogP contribution >= 0.6 is 0 Å². The molecule has 0 unspecified atom stereocenters. The monoisotopic (exact) mass is 424 g/mol. The highest BCUT2D eigenvalue weighted by Crippen LogP contribution is 2.23. The lowest BCUT2D eigenvalue weighted by Crippen LogP contribution is -2.15. The molecular weight excluding hydrogens is 404 g/mol. The maximum atomic E-state index is 12.7. The molecule has 7 heteroatoms. The number of pyridine rings is 2. The van der Waals surface area contributed by atoms with Crippen LogP contribution in [0.4, 0.5) is 11.5 Å². The van der Waals surface area contributed by atoms with Crippen molar-refractivity contribution in [2.75, 3.05) is 10.6 Å². The summed E-state index contributed by atoms with van der Waals surface area (Å²) in [5, 5.41) is 5.58. The van der Waals surface area contributed by atoms with E-state index < -0.39 is 0 Å². The topological polar surface area (TPSA) is 93.2 Å². The SMILES string of the molecule is O=C(Nc1ccc(C(=O)Nc2ncccc2OCc2ccncc2)cc1)c1ccccc1. The molecule has 0 saturated heterocycles. The van der Waals surface area contributed by atoms with Crippen LogP contribution in [0.25, 0.3) is 0 Å². The van der Waals surface area contributed by atoms with Crippen molar-refractivity contribution in [3.8, 4) is 5.75 Å². The number of carbonyl (C=O) groups is 2. The summed E-state index contributed by atoms with van der Waals surface area (Å²) in [7, 11) is 0. The molecule has 2 amide bonds. The number of anilines is 2. The molecule has 2 aromatic heterocycles. The van der Waals surface area contributed by atoms with Gasteiger partial charge in [-0.05, 0) is 66.2 Å². The van der Waals surface area contributed by atoms with Crippen LogP contribution < -0.4 is 15.4 Å². The van der Waals surface area contributed by atoms with Crippen LogP contribution in [0, 0.1) is 0 Å². The number of ether oxygens (including phenoxy) is 1. The zero-order chi connectivity index (χ0) is 22.2. The molecule has 0 aliphatic carbocycles. The van der Waals surface area contributed by atoms with Crippen LogP contribution in [0.3, 0.4) is 0 Å². The van der Waals surface area contributed by atoms with Crippen LogP contribution in [-0.2, 0) is 6.61 Å². The number of aromatic nitrogens is 2. The average Bonchev–Trinajstić information content (AvgIpc) is 2.85. The van der Waals surface area contributed by atoms with Crippen molar-refractivity contribution in [1.82, 2.24) is 9.97 Å².